The highest BCUT2D eigenvalue weighted by Gasteiger charge is 2.35. The molecular formula is C22H26N4O5S2. The van der Waals surface area contributed by atoms with Crippen molar-refractivity contribution >= 4 is 27.3 Å². The normalized spacial score (nSPS) is 15.6. The third kappa shape index (κ3) is 4.53. The first-order valence-electron chi connectivity index (χ1n) is 10.7. The number of sulfonamides is 1. The Bertz CT molecular complexity index is 1290. The Morgan fingerprint density at radius 3 is 2.52 bits per heavy atom. The van der Waals surface area contributed by atoms with Crippen LogP contribution < -0.4 is 5.69 Å². The molecule has 1 fully saturated rings. The van der Waals surface area contributed by atoms with Gasteiger partial charge in [0.05, 0.1) is 13.7 Å². The van der Waals surface area contributed by atoms with E-state index >= 15 is 0 Å². The molecule has 2 aromatic heterocycles. The monoisotopic (exact) mass is 490 g/mol. The average molecular weight is 491 g/mol. The minimum atomic E-state index is -3.82. The Morgan fingerprint density at radius 1 is 1.18 bits per heavy atom. The number of piperidine rings is 1. The van der Waals surface area contributed by atoms with E-state index in [0.717, 1.165) is 16.9 Å². The fourth-order valence-electron chi connectivity index (χ4n) is 4.15. The largest absolute Gasteiger partial charge is 0.465 e. The molecule has 0 bridgehead atoms. The Hall–Kier alpha value is -2.76. The van der Waals surface area contributed by atoms with Crippen molar-refractivity contribution in [3.8, 4) is 0 Å². The molecule has 0 atom stereocenters. The van der Waals surface area contributed by atoms with Gasteiger partial charge in [0.25, 0.3) is 0 Å². The summed E-state index contributed by atoms with van der Waals surface area (Å²) in [6.45, 7) is 3.37. The van der Waals surface area contributed by atoms with Crippen molar-refractivity contribution in [1.82, 2.24) is 18.7 Å². The number of hydrogen-bond acceptors (Lipinski definition) is 7. The first-order valence-corrected chi connectivity index (χ1v) is 13.1. The number of rotatable bonds is 7. The van der Waals surface area contributed by atoms with E-state index in [1.807, 2.05) is 37.3 Å². The number of thiophene rings is 1. The van der Waals surface area contributed by atoms with Crippen LogP contribution in [-0.4, -0.2) is 53.2 Å². The van der Waals surface area contributed by atoms with Gasteiger partial charge >= 0.3 is 11.7 Å². The third-order valence-corrected chi connectivity index (χ3v) is 8.84. The van der Waals surface area contributed by atoms with Gasteiger partial charge in [-0.2, -0.15) is 9.40 Å². The standard InChI is InChI=1S/C22H26N4O5S2/c1-3-25-20(23-26(22(25)28)15-16-7-5-4-6-8-16)17-9-12-24(13-10-17)33(29,30)18-11-14-32-19(18)21(27)31-2/h4-8,11,14,17H,3,9-10,12-13,15H2,1-2H3. The van der Waals surface area contributed by atoms with Crippen molar-refractivity contribution in [2.75, 3.05) is 20.2 Å². The molecule has 176 valence electrons. The van der Waals surface area contributed by atoms with Crippen LogP contribution in [0, 0.1) is 0 Å². The minimum Gasteiger partial charge on any atom is -0.465 e. The van der Waals surface area contributed by atoms with Crippen LogP contribution in [0.2, 0.25) is 0 Å². The molecule has 0 radical (unpaired) electrons. The maximum absolute atomic E-state index is 13.2. The highest BCUT2D eigenvalue weighted by atomic mass is 32.2. The van der Waals surface area contributed by atoms with Gasteiger partial charge in [0, 0.05) is 25.6 Å². The minimum absolute atomic E-state index is 0.0181. The van der Waals surface area contributed by atoms with Gasteiger partial charge in [-0.15, -0.1) is 11.3 Å². The van der Waals surface area contributed by atoms with Crippen molar-refractivity contribution < 1.29 is 17.9 Å². The second-order valence-corrected chi connectivity index (χ2v) is 10.6. The first-order chi connectivity index (χ1) is 15.9. The summed E-state index contributed by atoms with van der Waals surface area (Å²) >= 11 is 1.05. The van der Waals surface area contributed by atoms with E-state index in [1.165, 1.54) is 22.2 Å². The van der Waals surface area contributed by atoms with Gasteiger partial charge in [0.15, 0.2) is 0 Å². The number of carbonyl (C=O) groups excluding carboxylic acids is 1. The summed E-state index contributed by atoms with van der Waals surface area (Å²) < 4.78 is 35.6. The van der Waals surface area contributed by atoms with E-state index in [9.17, 15) is 18.0 Å². The molecule has 0 aliphatic carbocycles. The zero-order valence-corrected chi connectivity index (χ0v) is 20.1. The topological polar surface area (TPSA) is 104 Å². The summed E-state index contributed by atoms with van der Waals surface area (Å²) in [4.78, 5) is 24.9. The first kappa shape index (κ1) is 23.4. The van der Waals surface area contributed by atoms with Gasteiger partial charge in [0.1, 0.15) is 15.6 Å². The molecule has 0 saturated carbocycles. The summed E-state index contributed by atoms with van der Waals surface area (Å²) in [7, 11) is -2.59. The second kappa shape index (κ2) is 9.62. The van der Waals surface area contributed by atoms with E-state index in [-0.39, 0.29) is 34.5 Å². The molecule has 0 amide bonds. The van der Waals surface area contributed by atoms with E-state index < -0.39 is 16.0 Å². The smallest absolute Gasteiger partial charge is 0.349 e. The Labute approximate surface area is 196 Å². The van der Waals surface area contributed by atoms with Crippen LogP contribution in [0.5, 0.6) is 0 Å². The van der Waals surface area contributed by atoms with E-state index in [2.05, 4.69) is 5.10 Å². The molecule has 0 N–H and O–H groups in total. The van der Waals surface area contributed by atoms with Crippen molar-refractivity contribution in [2.24, 2.45) is 0 Å². The lowest BCUT2D eigenvalue weighted by atomic mass is 9.97. The summed E-state index contributed by atoms with van der Waals surface area (Å²) in [6.07, 6.45) is 1.08. The zero-order valence-electron chi connectivity index (χ0n) is 18.5. The number of hydrogen-bond donors (Lipinski definition) is 0. The summed E-state index contributed by atoms with van der Waals surface area (Å²) in [5.74, 6) is 0.0133. The molecule has 9 nitrogen and oxygen atoms in total. The second-order valence-electron chi connectivity index (χ2n) is 7.81. The number of esters is 1. The number of carbonyl (C=O) groups is 1. The predicted molar refractivity (Wildman–Crippen MR) is 124 cm³/mol. The molecular weight excluding hydrogens is 464 g/mol. The fraction of sp³-hybridized carbons (Fsp3) is 0.409. The van der Waals surface area contributed by atoms with Crippen LogP contribution in [0.4, 0.5) is 0 Å². The van der Waals surface area contributed by atoms with Crippen LogP contribution in [0.3, 0.4) is 0 Å². The quantitative estimate of drug-likeness (QED) is 0.472. The van der Waals surface area contributed by atoms with Gasteiger partial charge in [-0.25, -0.2) is 22.7 Å². The number of ether oxygens (including phenoxy) is 1. The number of benzene rings is 1. The van der Waals surface area contributed by atoms with Crippen LogP contribution in [-0.2, 0) is 27.8 Å². The highest BCUT2D eigenvalue weighted by Crippen LogP contribution is 2.32. The maximum Gasteiger partial charge on any atom is 0.349 e. The van der Waals surface area contributed by atoms with Gasteiger partial charge in [-0.3, -0.25) is 4.57 Å². The molecule has 1 aliphatic rings. The number of methoxy groups -OCH3 is 1. The van der Waals surface area contributed by atoms with Crippen LogP contribution in [0.15, 0.2) is 51.5 Å². The van der Waals surface area contributed by atoms with Crippen LogP contribution in [0.25, 0.3) is 0 Å². The lowest BCUT2D eigenvalue weighted by Crippen LogP contribution is -2.39. The summed E-state index contributed by atoms with van der Waals surface area (Å²) in [6, 6.07) is 11.1. The van der Waals surface area contributed by atoms with E-state index in [1.54, 1.807) is 9.95 Å². The van der Waals surface area contributed by atoms with Gasteiger partial charge in [-0.05, 0) is 36.8 Å². The van der Waals surface area contributed by atoms with Gasteiger partial charge < -0.3 is 4.74 Å². The summed E-state index contributed by atoms with van der Waals surface area (Å²) in [5.41, 5.74) is 0.831. The molecule has 4 rings (SSSR count). The maximum atomic E-state index is 13.2. The molecule has 1 aromatic carbocycles. The molecule has 1 saturated heterocycles. The van der Waals surface area contributed by atoms with Crippen molar-refractivity contribution in [1.29, 1.82) is 0 Å². The third-order valence-electron chi connectivity index (χ3n) is 5.88. The Kier molecular flexibility index (Phi) is 6.82. The molecule has 33 heavy (non-hydrogen) atoms. The van der Waals surface area contributed by atoms with Crippen molar-refractivity contribution in [3.63, 3.8) is 0 Å². The molecule has 1 aliphatic heterocycles. The Morgan fingerprint density at radius 2 is 1.88 bits per heavy atom. The van der Waals surface area contributed by atoms with Crippen molar-refractivity contribution in [2.45, 2.75) is 43.7 Å². The number of aromatic nitrogens is 3. The SMILES string of the molecule is CCn1c(C2CCN(S(=O)(=O)c3ccsc3C(=O)OC)CC2)nn(Cc2ccccc2)c1=O. The van der Waals surface area contributed by atoms with Gasteiger partial charge in [0.2, 0.25) is 10.0 Å². The molecule has 3 aromatic rings. The van der Waals surface area contributed by atoms with Crippen LogP contribution in [0.1, 0.15) is 46.7 Å². The fourth-order valence-corrected chi connectivity index (χ4v) is 6.93. The lowest BCUT2D eigenvalue weighted by molar-refractivity contribution is 0.0602. The van der Waals surface area contributed by atoms with E-state index in [4.69, 9.17) is 4.74 Å². The molecule has 0 unspecified atom stereocenters. The molecule has 11 heteroatoms. The zero-order chi connectivity index (χ0) is 23.6. The van der Waals surface area contributed by atoms with Crippen LogP contribution >= 0.6 is 11.3 Å². The predicted octanol–water partition coefficient (Wildman–Crippen LogP) is 2.53. The van der Waals surface area contributed by atoms with Gasteiger partial charge in [-0.1, -0.05) is 30.3 Å². The molecule has 0 spiro atoms. The van der Waals surface area contributed by atoms with Crippen molar-refractivity contribution in [3.05, 3.63) is 68.5 Å². The average Bonchev–Trinajstić information content (AvgIpc) is 3.45. The molecule has 3 heterocycles. The highest BCUT2D eigenvalue weighted by molar-refractivity contribution is 7.89. The summed E-state index contributed by atoms with van der Waals surface area (Å²) in [5, 5.41) is 6.20. The number of nitrogens with zero attached hydrogens (tertiary/aromatic N) is 4. The lowest BCUT2D eigenvalue weighted by Gasteiger charge is -2.30. The van der Waals surface area contributed by atoms with E-state index in [0.29, 0.717) is 31.8 Å². The Balaban J connectivity index is 1.52.